The summed E-state index contributed by atoms with van der Waals surface area (Å²) < 4.78 is 1.27. The Labute approximate surface area is 102 Å². The van der Waals surface area contributed by atoms with Gasteiger partial charge in [-0.1, -0.05) is 12.1 Å². The van der Waals surface area contributed by atoms with Crippen LogP contribution in [0, 0.1) is 0 Å². The Morgan fingerprint density at radius 2 is 1.83 bits per heavy atom. The number of aliphatic hydroxyl groups excluding tert-OH is 2. The van der Waals surface area contributed by atoms with E-state index in [-0.39, 0.29) is 6.61 Å². The van der Waals surface area contributed by atoms with Crippen molar-refractivity contribution in [1.29, 1.82) is 0 Å². The molecule has 1 aromatic carbocycles. The van der Waals surface area contributed by atoms with Crippen LogP contribution in [-0.2, 0) is 0 Å². The highest BCUT2D eigenvalue weighted by molar-refractivity contribution is 5.35. The smallest absolute Gasteiger partial charge is 0.332 e. The van der Waals surface area contributed by atoms with Crippen molar-refractivity contribution in [2.45, 2.75) is 6.10 Å². The molecule has 6 heteroatoms. The lowest BCUT2D eigenvalue weighted by atomic mass is 10.1. The fourth-order valence-corrected chi connectivity index (χ4v) is 1.58. The van der Waals surface area contributed by atoms with Gasteiger partial charge in [-0.15, -0.1) is 0 Å². The monoisotopic (exact) mass is 248 g/mol. The number of aromatic amines is 1. The number of hydrogen-bond donors (Lipinski definition) is 3. The molecule has 18 heavy (non-hydrogen) atoms. The van der Waals surface area contributed by atoms with Gasteiger partial charge in [0.25, 0.3) is 5.56 Å². The minimum absolute atomic E-state index is 0.363. The molecule has 0 spiro atoms. The minimum Gasteiger partial charge on any atom is -0.393 e. The number of hydrogen-bond acceptors (Lipinski definition) is 4. The van der Waals surface area contributed by atoms with Crippen LogP contribution in [0.4, 0.5) is 0 Å². The molecular weight excluding hydrogens is 236 g/mol. The normalized spacial score (nSPS) is 12.3. The lowest BCUT2D eigenvalue weighted by molar-refractivity contribution is 0.0956. The zero-order chi connectivity index (χ0) is 13.1. The van der Waals surface area contributed by atoms with Crippen molar-refractivity contribution in [3.05, 3.63) is 62.9 Å². The molecule has 0 unspecified atom stereocenters. The van der Waals surface area contributed by atoms with Crippen molar-refractivity contribution >= 4 is 0 Å². The van der Waals surface area contributed by atoms with E-state index < -0.39 is 17.4 Å². The SMILES string of the molecule is O=c1ccn(-c2ccc([C@H](O)CO)cc2)c(=O)[nH]1. The Morgan fingerprint density at radius 3 is 2.39 bits per heavy atom. The van der Waals surface area contributed by atoms with Crippen LogP contribution >= 0.6 is 0 Å². The van der Waals surface area contributed by atoms with Crippen molar-refractivity contribution < 1.29 is 10.2 Å². The number of nitrogens with zero attached hydrogens (tertiary/aromatic N) is 1. The van der Waals surface area contributed by atoms with E-state index in [4.69, 9.17) is 5.11 Å². The van der Waals surface area contributed by atoms with Crippen LogP contribution in [0.15, 0.2) is 46.1 Å². The van der Waals surface area contributed by atoms with Crippen LogP contribution in [0.1, 0.15) is 11.7 Å². The summed E-state index contributed by atoms with van der Waals surface area (Å²) in [5, 5.41) is 18.2. The second-order valence-electron chi connectivity index (χ2n) is 3.77. The fourth-order valence-electron chi connectivity index (χ4n) is 1.58. The maximum Gasteiger partial charge on any atom is 0.332 e. The summed E-state index contributed by atoms with van der Waals surface area (Å²) in [5.41, 5.74) is 0.130. The summed E-state index contributed by atoms with van der Waals surface area (Å²) in [4.78, 5) is 24.6. The average Bonchev–Trinajstić information content (AvgIpc) is 2.38. The lowest BCUT2D eigenvalue weighted by Gasteiger charge is -2.09. The number of aromatic nitrogens is 2. The van der Waals surface area contributed by atoms with Crippen molar-refractivity contribution in [2.24, 2.45) is 0 Å². The molecule has 2 aromatic rings. The van der Waals surface area contributed by atoms with Crippen LogP contribution in [0.5, 0.6) is 0 Å². The molecule has 1 heterocycles. The molecule has 94 valence electrons. The van der Waals surface area contributed by atoms with Gasteiger partial charge >= 0.3 is 5.69 Å². The Kier molecular flexibility index (Phi) is 3.40. The summed E-state index contributed by atoms with van der Waals surface area (Å²) in [6.07, 6.45) is 0.435. The predicted molar refractivity (Wildman–Crippen MR) is 64.7 cm³/mol. The van der Waals surface area contributed by atoms with Crippen LogP contribution in [0.3, 0.4) is 0 Å². The van der Waals surface area contributed by atoms with E-state index in [0.717, 1.165) is 0 Å². The summed E-state index contributed by atoms with van der Waals surface area (Å²) in [7, 11) is 0. The molecule has 0 radical (unpaired) electrons. The first kappa shape index (κ1) is 12.3. The molecule has 6 nitrogen and oxygen atoms in total. The van der Waals surface area contributed by atoms with Crippen molar-refractivity contribution in [2.75, 3.05) is 6.61 Å². The zero-order valence-corrected chi connectivity index (χ0v) is 9.41. The van der Waals surface area contributed by atoms with E-state index in [9.17, 15) is 14.7 Å². The van der Waals surface area contributed by atoms with E-state index in [1.807, 2.05) is 0 Å². The van der Waals surface area contributed by atoms with Crippen LogP contribution in [-0.4, -0.2) is 26.4 Å². The molecule has 0 bridgehead atoms. The van der Waals surface area contributed by atoms with Crippen molar-refractivity contribution in [1.82, 2.24) is 9.55 Å². The van der Waals surface area contributed by atoms with E-state index in [1.165, 1.54) is 16.8 Å². The van der Waals surface area contributed by atoms with Gasteiger partial charge in [-0.2, -0.15) is 0 Å². The summed E-state index contributed by atoms with van der Waals surface area (Å²) >= 11 is 0. The van der Waals surface area contributed by atoms with Gasteiger partial charge in [0.2, 0.25) is 0 Å². The molecule has 0 fully saturated rings. The van der Waals surface area contributed by atoms with Crippen LogP contribution in [0.2, 0.25) is 0 Å². The second-order valence-corrected chi connectivity index (χ2v) is 3.77. The third kappa shape index (κ3) is 2.39. The summed E-state index contributed by atoms with van der Waals surface area (Å²) in [5.74, 6) is 0. The first-order valence-corrected chi connectivity index (χ1v) is 5.33. The minimum atomic E-state index is -0.939. The van der Waals surface area contributed by atoms with Gasteiger partial charge in [-0.25, -0.2) is 4.79 Å². The molecule has 1 atom stereocenters. The Bertz CT molecular complexity index is 642. The molecule has 0 aliphatic carbocycles. The topological polar surface area (TPSA) is 95.3 Å². The second kappa shape index (κ2) is 4.99. The molecule has 0 saturated carbocycles. The van der Waals surface area contributed by atoms with Gasteiger partial charge in [0.05, 0.1) is 12.3 Å². The molecule has 0 aliphatic heterocycles. The highest BCUT2D eigenvalue weighted by Crippen LogP contribution is 2.14. The predicted octanol–water partition coefficient (Wildman–Crippen LogP) is -0.449. The maximum absolute atomic E-state index is 11.5. The van der Waals surface area contributed by atoms with Gasteiger partial charge in [0.15, 0.2) is 0 Å². The highest BCUT2D eigenvalue weighted by atomic mass is 16.3. The Balaban J connectivity index is 2.40. The van der Waals surface area contributed by atoms with E-state index in [0.29, 0.717) is 11.3 Å². The van der Waals surface area contributed by atoms with E-state index >= 15 is 0 Å². The number of nitrogens with one attached hydrogen (secondary N) is 1. The van der Waals surface area contributed by atoms with Crippen LogP contribution < -0.4 is 11.2 Å². The molecule has 0 aliphatic rings. The van der Waals surface area contributed by atoms with E-state index in [1.54, 1.807) is 24.3 Å². The standard InChI is InChI=1S/C12H12N2O4/c15-7-10(16)8-1-3-9(4-2-8)14-6-5-11(17)13-12(14)18/h1-6,10,15-16H,7H2,(H,13,17,18)/t10-/m1/s1. The van der Waals surface area contributed by atoms with Crippen molar-refractivity contribution in [3.8, 4) is 5.69 Å². The summed E-state index contributed by atoms with van der Waals surface area (Å²) in [6.45, 7) is -0.363. The molecule has 3 N–H and O–H groups in total. The summed E-state index contributed by atoms with van der Waals surface area (Å²) in [6, 6.07) is 7.70. The molecule has 2 rings (SSSR count). The third-order valence-electron chi connectivity index (χ3n) is 2.55. The van der Waals surface area contributed by atoms with Gasteiger partial charge < -0.3 is 10.2 Å². The van der Waals surface area contributed by atoms with Gasteiger partial charge in [0.1, 0.15) is 6.10 Å². The average molecular weight is 248 g/mol. The number of H-pyrrole nitrogens is 1. The first-order valence-electron chi connectivity index (χ1n) is 5.33. The largest absolute Gasteiger partial charge is 0.393 e. The van der Waals surface area contributed by atoms with Gasteiger partial charge in [0, 0.05) is 12.3 Å². The Hall–Kier alpha value is -2.18. The molecule has 0 saturated heterocycles. The number of aliphatic hydroxyl groups is 2. The van der Waals surface area contributed by atoms with Gasteiger partial charge in [-0.3, -0.25) is 14.3 Å². The molecular formula is C12H12N2O4. The maximum atomic E-state index is 11.5. The van der Waals surface area contributed by atoms with Crippen LogP contribution in [0.25, 0.3) is 5.69 Å². The number of benzene rings is 1. The molecule has 0 amide bonds. The third-order valence-corrected chi connectivity index (χ3v) is 2.55. The highest BCUT2D eigenvalue weighted by Gasteiger charge is 2.06. The van der Waals surface area contributed by atoms with E-state index in [2.05, 4.69) is 4.98 Å². The van der Waals surface area contributed by atoms with Crippen molar-refractivity contribution in [3.63, 3.8) is 0 Å². The quantitative estimate of drug-likeness (QED) is 0.685. The first-order chi connectivity index (χ1) is 8.61. The van der Waals surface area contributed by atoms with Gasteiger partial charge in [-0.05, 0) is 17.7 Å². The number of rotatable bonds is 3. The lowest BCUT2D eigenvalue weighted by Crippen LogP contribution is -2.27. The zero-order valence-electron chi connectivity index (χ0n) is 9.41. The fraction of sp³-hybridized carbons (Fsp3) is 0.167. The molecule has 1 aromatic heterocycles. The Morgan fingerprint density at radius 1 is 1.17 bits per heavy atom.